The molecule has 1 atom stereocenters. The van der Waals surface area contributed by atoms with Crippen molar-refractivity contribution in [3.63, 3.8) is 0 Å². The first-order valence-electron chi connectivity index (χ1n) is 7.20. The van der Waals surface area contributed by atoms with Crippen molar-refractivity contribution < 1.29 is 9.20 Å². The predicted molar refractivity (Wildman–Crippen MR) is 96.4 cm³/mol. The largest absolute Gasteiger partial charge is 0.378 e. The third kappa shape index (κ3) is 3.63. The van der Waals surface area contributed by atoms with Gasteiger partial charge in [0, 0.05) is 26.0 Å². The van der Waals surface area contributed by atoms with Crippen LogP contribution in [0.1, 0.15) is 5.56 Å². The van der Waals surface area contributed by atoms with Crippen LogP contribution in [0.25, 0.3) is 6.08 Å². The van der Waals surface area contributed by atoms with Gasteiger partial charge in [0.1, 0.15) is 0 Å². The van der Waals surface area contributed by atoms with Crippen LogP contribution in [0.4, 0.5) is 11.4 Å². The van der Waals surface area contributed by atoms with Crippen LogP contribution >= 0.6 is 0 Å². The number of aliphatic imine (C=N–C) groups is 1. The number of hydrogen-bond donors (Lipinski definition) is 1. The van der Waals surface area contributed by atoms with Gasteiger partial charge in [-0.1, -0.05) is 40.9 Å². The van der Waals surface area contributed by atoms with Crippen LogP contribution in [0.5, 0.6) is 0 Å². The van der Waals surface area contributed by atoms with Crippen molar-refractivity contribution in [1.82, 2.24) is 0 Å². The Hall–Kier alpha value is -2.53. The van der Waals surface area contributed by atoms with Gasteiger partial charge in [0.05, 0.1) is 10.8 Å². The average Bonchev–Trinajstić information content (AvgIpc) is 2.90. The summed E-state index contributed by atoms with van der Waals surface area (Å²) in [5, 5.41) is 0.410. The van der Waals surface area contributed by atoms with E-state index in [4.69, 9.17) is 0 Å². The summed E-state index contributed by atoms with van der Waals surface area (Å²) in [6, 6.07) is 17.5. The number of para-hydroxylation sites is 1. The third-order valence-corrected chi connectivity index (χ3v) is 4.53. The van der Waals surface area contributed by atoms with E-state index in [1.54, 1.807) is 0 Å². The van der Waals surface area contributed by atoms with Crippen LogP contribution in [0.3, 0.4) is 0 Å². The van der Waals surface area contributed by atoms with Gasteiger partial charge < -0.3 is 9.89 Å². The topological polar surface area (TPSA) is 46.6 Å². The second kappa shape index (κ2) is 6.71. The van der Waals surface area contributed by atoms with Gasteiger partial charge in [-0.15, -0.1) is 6.08 Å². The number of nitrogens with one attached hydrogen (secondary N) is 1. The number of hydrogen-bond acceptors (Lipinski definition) is 3. The Morgan fingerprint density at radius 2 is 1.78 bits per heavy atom. The molecule has 116 valence electrons. The fourth-order valence-corrected chi connectivity index (χ4v) is 3.04. The second-order valence-corrected chi connectivity index (χ2v) is 6.63. The van der Waals surface area contributed by atoms with Gasteiger partial charge in [-0.25, -0.2) is 0 Å². The highest BCUT2D eigenvalue weighted by molar-refractivity contribution is 8.04. The summed E-state index contributed by atoms with van der Waals surface area (Å²) in [6.07, 6.45) is 4.79. The van der Waals surface area contributed by atoms with Gasteiger partial charge in [-0.3, -0.25) is 4.21 Å². The molecular weight excluding hydrogens is 306 g/mol. The van der Waals surface area contributed by atoms with Crippen molar-refractivity contribution in [2.75, 3.05) is 19.0 Å². The maximum absolute atomic E-state index is 12.5. The van der Waals surface area contributed by atoms with Gasteiger partial charge >= 0.3 is 0 Å². The SMILES string of the molecule is CN(C)c1ccc(C=C2[C-]=[NH+]C(=Nc3ccccc3)S2=O)cc1. The first-order chi connectivity index (χ1) is 11.1. The number of amidine groups is 1. The molecule has 3 rings (SSSR count). The van der Waals surface area contributed by atoms with Gasteiger partial charge in [0.15, 0.2) is 5.69 Å². The van der Waals surface area contributed by atoms with E-state index in [9.17, 15) is 4.21 Å². The lowest BCUT2D eigenvalue weighted by Crippen LogP contribution is -2.71. The Morgan fingerprint density at radius 1 is 1.09 bits per heavy atom. The van der Waals surface area contributed by atoms with Gasteiger partial charge in [0.2, 0.25) is 0 Å². The highest BCUT2D eigenvalue weighted by atomic mass is 32.2. The molecular formula is C18H17N3OS. The van der Waals surface area contributed by atoms with E-state index in [-0.39, 0.29) is 0 Å². The molecule has 0 bridgehead atoms. The van der Waals surface area contributed by atoms with Crippen molar-refractivity contribution in [1.29, 1.82) is 0 Å². The predicted octanol–water partition coefficient (Wildman–Crippen LogP) is 1.57. The molecule has 2 aromatic rings. The molecule has 1 aliphatic rings. The van der Waals surface area contributed by atoms with Gasteiger partial charge in [0.25, 0.3) is 5.17 Å². The zero-order valence-corrected chi connectivity index (χ0v) is 13.8. The maximum Gasteiger partial charge on any atom is 0.294 e. The van der Waals surface area contributed by atoms with E-state index in [2.05, 4.69) is 16.2 Å². The molecule has 0 aliphatic carbocycles. The summed E-state index contributed by atoms with van der Waals surface area (Å²) in [5.41, 5.74) is 2.87. The number of nitrogens with zero attached hydrogens (tertiary/aromatic N) is 2. The minimum atomic E-state index is -1.34. The lowest BCUT2D eigenvalue weighted by atomic mass is 10.2. The minimum Gasteiger partial charge on any atom is -0.378 e. The van der Waals surface area contributed by atoms with Gasteiger partial charge in [-0.05, 0) is 29.2 Å². The lowest BCUT2D eigenvalue weighted by molar-refractivity contribution is -0.299. The Morgan fingerprint density at radius 3 is 2.43 bits per heavy atom. The van der Waals surface area contributed by atoms with E-state index >= 15 is 0 Å². The van der Waals surface area contributed by atoms with Crippen LogP contribution in [-0.4, -0.2) is 29.7 Å². The van der Waals surface area contributed by atoms with Gasteiger partial charge in [-0.2, -0.15) is 0 Å². The van der Waals surface area contributed by atoms with Crippen LogP contribution in [-0.2, 0) is 10.8 Å². The highest BCUT2D eigenvalue weighted by Gasteiger charge is 2.17. The smallest absolute Gasteiger partial charge is 0.294 e. The Bertz CT molecular complexity index is 806. The highest BCUT2D eigenvalue weighted by Crippen LogP contribution is 2.17. The van der Waals surface area contributed by atoms with E-state index < -0.39 is 10.8 Å². The summed E-state index contributed by atoms with van der Waals surface area (Å²) in [4.78, 5) is 9.87. The summed E-state index contributed by atoms with van der Waals surface area (Å²) in [7, 11) is 2.66. The van der Waals surface area contributed by atoms with E-state index in [1.165, 1.54) is 0 Å². The maximum atomic E-state index is 12.5. The normalized spacial score (nSPS) is 20.3. The zero-order chi connectivity index (χ0) is 16.2. The van der Waals surface area contributed by atoms with Crippen molar-refractivity contribution in [2.24, 2.45) is 4.99 Å². The molecule has 0 fully saturated rings. The Balaban J connectivity index is 1.82. The standard InChI is InChI=1S/C18H17N3OS/c1-21(2)16-10-8-14(9-11-16)12-17-13-19-18(23(17)22)20-15-6-4-3-5-7-15/h3-12,19H,1-2H3. The quantitative estimate of drug-likeness (QED) is 0.872. The van der Waals surface area contributed by atoms with Crippen LogP contribution in [0, 0.1) is 0 Å². The molecule has 0 amide bonds. The number of allylic oxidation sites excluding steroid dienone is 1. The molecule has 4 nitrogen and oxygen atoms in total. The molecule has 1 heterocycles. The number of rotatable bonds is 3. The van der Waals surface area contributed by atoms with Crippen LogP contribution in [0.2, 0.25) is 0 Å². The monoisotopic (exact) mass is 323 g/mol. The summed E-state index contributed by atoms with van der Waals surface area (Å²) < 4.78 is 12.5. The van der Waals surface area contributed by atoms with Crippen molar-refractivity contribution in [2.45, 2.75) is 0 Å². The zero-order valence-electron chi connectivity index (χ0n) is 13.0. The average molecular weight is 323 g/mol. The fourth-order valence-electron chi connectivity index (χ4n) is 2.11. The van der Waals surface area contributed by atoms with E-state index in [0.717, 1.165) is 16.9 Å². The molecule has 0 saturated heterocycles. The molecule has 1 unspecified atom stereocenters. The summed E-state index contributed by atoms with van der Waals surface area (Å²) in [6.45, 7) is 0. The fraction of sp³-hybridized carbons (Fsp3) is 0.111. The summed E-state index contributed by atoms with van der Waals surface area (Å²) in [5.74, 6) is 0. The molecule has 1 N–H and O–H groups in total. The lowest BCUT2D eigenvalue weighted by Gasteiger charge is -2.12. The second-order valence-electron chi connectivity index (χ2n) is 5.27. The molecule has 0 spiro atoms. The molecule has 0 aromatic heterocycles. The number of benzene rings is 2. The first kappa shape index (κ1) is 15.4. The van der Waals surface area contributed by atoms with E-state index in [0.29, 0.717) is 10.1 Å². The molecule has 0 radical (unpaired) electrons. The first-order valence-corrected chi connectivity index (χ1v) is 8.35. The molecule has 1 aliphatic heterocycles. The van der Waals surface area contributed by atoms with E-state index in [1.807, 2.05) is 79.7 Å². The molecule has 5 heteroatoms. The third-order valence-electron chi connectivity index (χ3n) is 3.36. The van der Waals surface area contributed by atoms with Crippen LogP contribution in [0.15, 0.2) is 64.5 Å². The Kier molecular flexibility index (Phi) is 4.48. The molecule has 0 saturated carbocycles. The molecule has 23 heavy (non-hydrogen) atoms. The summed E-state index contributed by atoms with van der Waals surface area (Å²) >= 11 is 0. The van der Waals surface area contributed by atoms with Crippen molar-refractivity contribution in [3.05, 3.63) is 65.1 Å². The van der Waals surface area contributed by atoms with Crippen molar-refractivity contribution >= 4 is 39.6 Å². The van der Waals surface area contributed by atoms with Crippen LogP contribution < -0.4 is 9.89 Å². The molecule has 2 aromatic carbocycles. The van der Waals surface area contributed by atoms with Crippen molar-refractivity contribution in [3.8, 4) is 0 Å². The number of anilines is 1. The Labute approximate surface area is 138 Å². The minimum absolute atomic E-state index is 0.410.